The topological polar surface area (TPSA) is 129 Å². The van der Waals surface area contributed by atoms with Gasteiger partial charge in [0.1, 0.15) is 24.4 Å². The molecule has 0 unspecified atom stereocenters. The lowest BCUT2D eigenvalue weighted by molar-refractivity contribution is -0.335. The first-order valence-corrected chi connectivity index (χ1v) is 10.8. The third kappa shape index (κ3) is 3.46. The fraction of sp³-hybridized carbons (Fsp3) is 1.00. The molecule has 0 amide bonds. The van der Waals surface area contributed by atoms with Gasteiger partial charge in [-0.25, -0.2) is 0 Å². The Morgan fingerprint density at radius 2 is 1.69 bits per heavy atom. The summed E-state index contributed by atoms with van der Waals surface area (Å²) in [5.74, 6) is 0.751. The van der Waals surface area contributed by atoms with Crippen LogP contribution in [-0.2, 0) is 14.2 Å². The molecule has 168 valence electrons. The molecule has 5 N–H and O–H groups in total. The van der Waals surface area contributed by atoms with E-state index in [2.05, 4.69) is 6.92 Å². The van der Waals surface area contributed by atoms with Gasteiger partial charge in [-0.2, -0.15) is 0 Å². The quantitative estimate of drug-likeness (QED) is 0.427. The second kappa shape index (κ2) is 7.38. The van der Waals surface area contributed by atoms with Crippen LogP contribution in [0.1, 0.15) is 47.0 Å². The van der Waals surface area contributed by atoms with Gasteiger partial charge >= 0.3 is 0 Å². The molecule has 2 bridgehead atoms. The van der Waals surface area contributed by atoms with Gasteiger partial charge in [-0.05, 0) is 45.4 Å². The fourth-order valence-electron chi connectivity index (χ4n) is 6.72. The molecule has 0 spiro atoms. The molecule has 3 heterocycles. The van der Waals surface area contributed by atoms with Crippen molar-refractivity contribution in [3.05, 3.63) is 0 Å². The van der Waals surface area contributed by atoms with Crippen molar-refractivity contribution in [3.8, 4) is 0 Å². The largest absolute Gasteiger partial charge is 0.394 e. The molecule has 2 saturated carbocycles. The second-order valence-electron chi connectivity index (χ2n) is 10.4. The summed E-state index contributed by atoms with van der Waals surface area (Å²) in [5, 5.41) is 50.8. The second-order valence-corrected chi connectivity index (χ2v) is 10.4. The maximum atomic E-state index is 10.8. The van der Waals surface area contributed by atoms with Crippen LogP contribution in [0.4, 0.5) is 0 Å². The average Bonchev–Trinajstić information content (AvgIpc) is 2.78. The van der Waals surface area contributed by atoms with Gasteiger partial charge in [0.15, 0.2) is 6.29 Å². The van der Waals surface area contributed by atoms with Gasteiger partial charge < -0.3 is 39.7 Å². The molecule has 3 aliphatic heterocycles. The van der Waals surface area contributed by atoms with E-state index in [-0.39, 0.29) is 17.9 Å². The van der Waals surface area contributed by atoms with Gasteiger partial charge in [-0.1, -0.05) is 6.92 Å². The summed E-state index contributed by atoms with van der Waals surface area (Å²) in [4.78, 5) is 0. The molecule has 29 heavy (non-hydrogen) atoms. The Balaban J connectivity index is 1.61. The Kier molecular flexibility index (Phi) is 5.57. The lowest BCUT2D eigenvalue weighted by Gasteiger charge is -2.52. The van der Waals surface area contributed by atoms with Crippen LogP contribution in [0.2, 0.25) is 0 Å². The molecular formula is C21H36O8. The molecule has 0 aromatic rings. The zero-order valence-electron chi connectivity index (χ0n) is 17.6. The lowest BCUT2D eigenvalue weighted by atomic mass is 9.76. The van der Waals surface area contributed by atoms with Crippen LogP contribution in [0.25, 0.3) is 0 Å². The summed E-state index contributed by atoms with van der Waals surface area (Å²) >= 11 is 0. The number of ether oxygens (including phenoxy) is 3. The van der Waals surface area contributed by atoms with E-state index in [0.717, 1.165) is 12.8 Å². The molecule has 5 fully saturated rings. The van der Waals surface area contributed by atoms with Crippen molar-refractivity contribution in [2.45, 2.75) is 101 Å². The Bertz CT molecular complexity index is 611. The molecule has 8 heteroatoms. The van der Waals surface area contributed by atoms with Crippen molar-refractivity contribution in [1.29, 1.82) is 0 Å². The molecule has 3 saturated heterocycles. The van der Waals surface area contributed by atoms with Crippen molar-refractivity contribution in [1.82, 2.24) is 0 Å². The van der Waals surface area contributed by atoms with Gasteiger partial charge in [-0.15, -0.1) is 0 Å². The highest BCUT2D eigenvalue weighted by Crippen LogP contribution is 2.59. The molecule has 5 rings (SSSR count). The highest BCUT2D eigenvalue weighted by atomic mass is 16.7. The van der Waals surface area contributed by atoms with E-state index in [1.165, 1.54) is 0 Å². The first kappa shape index (κ1) is 21.9. The van der Waals surface area contributed by atoms with E-state index >= 15 is 0 Å². The predicted molar refractivity (Wildman–Crippen MR) is 102 cm³/mol. The molecule has 12 atom stereocenters. The van der Waals surface area contributed by atoms with E-state index in [0.29, 0.717) is 18.3 Å². The maximum Gasteiger partial charge on any atom is 0.186 e. The number of aliphatic hydroxyl groups is 5. The molecule has 0 radical (unpaired) electrons. The van der Waals surface area contributed by atoms with E-state index in [4.69, 9.17) is 14.2 Å². The van der Waals surface area contributed by atoms with Crippen LogP contribution in [0, 0.1) is 23.7 Å². The zero-order chi connectivity index (χ0) is 21.3. The first-order valence-electron chi connectivity index (χ1n) is 10.8. The average molecular weight is 417 g/mol. The monoisotopic (exact) mass is 416 g/mol. The van der Waals surface area contributed by atoms with E-state index in [9.17, 15) is 25.5 Å². The molecule has 8 nitrogen and oxygen atoms in total. The van der Waals surface area contributed by atoms with Gasteiger partial charge in [0, 0.05) is 18.3 Å². The van der Waals surface area contributed by atoms with E-state index < -0.39 is 54.6 Å². The van der Waals surface area contributed by atoms with Crippen molar-refractivity contribution in [2.24, 2.45) is 23.7 Å². The van der Waals surface area contributed by atoms with E-state index in [1.807, 2.05) is 20.8 Å². The van der Waals surface area contributed by atoms with Gasteiger partial charge in [0.25, 0.3) is 0 Å². The minimum absolute atomic E-state index is 0.0187. The molecular weight excluding hydrogens is 380 g/mol. The molecule has 2 aliphatic carbocycles. The van der Waals surface area contributed by atoms with Crippen LogP contribution < -0.4 is 0 Å². The van der Waals surface area contributed by atoms with Gasteiger partial charge in [0.05, 0.1) is 30.0 Å². The van der Waals surface area contributed by atoms with Crippen LogP contribution >= 0.6 is 0 Å². The Morgan fingerprint density at radius 1 is 1.00 bits per heavy atom. The highest BCUT2D eigenvalue weighted by Gasteiger charge is 2.63. The third-order valence-electron chi connectivity index (χ3n) is 8.05. The Hall–Kier alpha value is -0.320. The number of rotatable bonds is 3. The van der Waals surface area contributed by atoms with Crippen molar-refractivity contribution in [2.75, 3.05) is 6.61 Å². The van der Waals surface area contributed by atoms with Crippen molar-refractivity contribution < 1.29 is 39.7 Å². The molecule has 5 aliphatic rings. The predicted octanol–water partition coefficient (Wildman–Crippen LogP) is -0.218. The summed E-state index contributed by atoms with van der Waals surface area (Å²) < 4.78 is 18.4. The number of aliphatic hydroxyl groups excluding tert-OH is 5. The van der Waals surface area contributed by atoms with Crippen LogP contribution in [0.3, 0.4) is 0 Å². The van der Waals surface area contributed by atoms with Crippen LogP contribution in [0.5, 0.6) is 0 Å². The Labute approximate surface area is 171 Å². The number of hydrogen-bond acceptors (Lipinski definition) is 8. The zero-order valence-corrected chi connectivity index (χ0v) is 17.6. The van der Waals surface area contributed by atoms with Gasteiger partial charge in [0.2, 0.25) is 0 Å². The summed E-state index contributed by atoms with van der Waals surface area (Å²) in [6, 6.07) is 0. The molecule has 0 aromatic carbocycles. The summed E-state index contributed by atoms with van der Waals surface area (Å²) in [5.41, 5.74) is -1.07. The van der Waals surface area contributed by atoms with E-state index in [1.54, 1.807) is 0 Å². The maximum absolute atomic E-state index is 10.8. The number of fused-ring (bicyclic) bond motifs is 2. The highest BCUT2D eigenvalue weighted by molar-refractivity contribution is 5.11. The first-order chi connectivity index (χ1) is 13.5. The minimum atomic E-state index is -1.46. The lowest BCUT2D eigenvalue weighted by Crippen LogP contribution is -2.62. The smallest absolute Gasteiger partial charge is 0.186 e. The van der Waals surface area contributed by atoms with Crippen LogP contribution in [0.15, 0.2) is 0 Å². The third-order valence-corrected chi connectivity index (χ3v) is 8.05. The summed E-state index contributed by atoms with van der Waals surface area (Å²) in [6.45, 7) is 7.81. The van der Waals surface area contributed by atoms with Crippen molar-refractivity contribution in [3.63, 3.8) is 0 Å². The molecule has 0 aromatic heterocycles. The standard InChI is InChI=1S/C21H36O8/c1-9-5-12(23)15-10(9)6-11-13(7-21(15,4)29-20(11,2)3)27-19-18(26)17(25)16(24)14(8-22)28-19/h9-19,22-26H,5-8H2,1-4H3/t9-,10-,11+,12-,13+,14-,15+,16-,17+,18-,19+,21+/m1/s1. The van der Waals surface area contributed by atoms with Crippen LogP contribution in [-0.4, -0.2) is 86.3 Å². The number of hydrogen-bond donors (Lipinski definition) is 5. The van der Waals surface area contributed by atoms with Crippen molar-refractivity contribution >= 4 is 0 Å². The fourth-order valence-corrected chi connectivity index (χ4v) is 6.72. The summed E-state index contributed by atoms with van der Waals surface area (Å²) in [7, 11) is 0. The minimum Gasteiger partial charge on any atom is -0.394 e. The Morgan fingerprint density at radius 3 is 2.34 bits per heavy atom. The summed E-state index contributed by atoms with van der Waals surface area (Å²) in [6.07, 6.45) is -5.01. The SMILES string of the molecule is C[C@@H]1C[C@@H](O)[C@@H]2[C@@H]1C[C@H]1[C@@H](O[C@H]3O[C@H](CO)[C@@H](O)[C@H](O)[C@H]3O)C[C@]2(C)OC1(C)C. The normalized spacial score (nSPS) is 56.8. The van der Waals surface area contributed by atoms with Gasteiger partial charge in [-0.3, -0.25) is 0 Å².